The summed E-state index contributed by atoms with van der Waals surface area (Å²) in [6.07, 6.45) is 1.75. The molecule has 0 aliphatic heterocycles. The Kier molecular flexibility index (Phi) is 10.0. The van der Waals surface area contributed by atoms with Crippen molar-refractivity contribution >= 4 is 5.91 Å². The van der Waals surface area contributed by atoms with Gasteiger partial charge in [0.15, 0.2) is 0 Å². The first-order valence-corrected chi connectivity index (χ1v) is 6.07. The van der Waals surface area contributed by atoms with E-state index in [2.05, 4.69) is 21.3 Å². The zero-order valence-electron chi connectivity index (χ0n) is 11.0. The van der Waals surface area contributed by atoms with Crippen molar-refractivity contribution in [2.45, 2.75) is 24.9 Å². The van der Waals surface area contributed by atoms with Crippen LogP contribution in [0.1, 0.15) is 12.8 Å². The number of rotatable bonds is 10. The van der Waals surface area contributed by atoms with E-state index in [1.165, 1.54) is 0 Å². The van der Waals surface area contributed by atoms with Crippen LogP contribution in [-0.2, 0) is 4.79 Å². The molecule has 0 aliphatic rings. The molecule has 5 N–H and O–H groups in total. The van der Waals surface area contributed by atoms with Crippen molar-refractivity contribution in [1.82, 2.24) is 21.3 Å². The number of carbonyl (C=O) groups excluding carboxylic acids is 1. The predicted octanol–water partition coefficient (Wildman–Crippen LogP) is -1.73. The fourth-order valence-corrected chi connectivity index (χ4v) is 1.49. The lowest BCUT2D eigenvalue weighted by atomic mass is 10.1. The zero-order valence-corrected chi connectivity index (χ0v) is 11.0. The molecule has 0 bridgehead atoms. The normalized spacial score (nSPS) is 14.4. The molecule has 0 unspecified atom stereocenters. The van der Waals surface area contributed by atoms with E-state index < -0.39 is 0 Å². The molecule has 0 rings (SSSR count). The van der Waals surface area contributed by atoms with Gasteiger partial charge in [-0.25, -0.2) is 0 Å². The van der Waals surface area contributed by atoms with Crippen LogP contribution < -0.4 is 21.3 Å². The highest BCUT2D eigenvalue weighted by Crippen LogP contribution is 1.96. The average Bonchev–Trinajstić information content (AvgIpc) is 2.35. The molecule has 0 spiro atoms. The van der Waals surface area contributed by atoms with E-state index in [-0.39, 0.29) is 24.6 Å². The summed E-state index contributed by atoms with van der Waals surface area (Å²) >= 11 is 0. The van der Waals surface area contributed by atoms with Crippen LogP contribution in [0.4, 0.5) is 0 Å². The number of hydrogen-bond acceptors (Lipinski definition) is 5. The molecule has 0 saturated carbocycles. The number of hydrogen-bond donors (Lipinski definition) is 5. The Morgan fingerprint density at radius 2 is 1.94 bits per heavy atom. The fraction of sp³-hybridized carbons (Fsp3) is 0.909. The van der Waals surface area contributed by atoms with Crippen molar-refractivity contribution in [2.24, 2.45) is 0 Å². The van der Waals surface area contributed by atoms with E-state index in [4.69, 9.17) is 5.11 Å². The monoisotopic (exact) mass is 246 g/mol. The quantitative estimate of drug-likeness (QED) is 0.296. The Morgan fingerprint density at radius 3 is 2.41 bits per heavy atom. The van der Waals surface area contributed by atoms with Gasteiger partial charge < -0.3 is 26.4 Å². The summed E-state index contributed by atoms with van der Waals surface area (Å²) in [6.45, 7) is 1.36. The highest BCUT2D eigenvalue weighted by molar-refractivity contribution is 5.81. The minimum Gasteiger partial charge on any atom is -0.395 e. The van der Waals surface area contributed by atoms with Crippen molar-refractivity contribution in [3.05, 3.63) is 0 Å². The van der Waals surface area contributed by atoms with E-state index in [0.717, 1.165) is 19.4 Å². The Morgan fingerprint density at radius 1 is 1.24 bits per heavy atom. The van der Waals surface area contributed by atoms with Gasteiger partial charge in [-0.3, -0.25) is 4.79 Å². The molecule has 0 aromatic rings. The fourth-order valence-electron chi connectivity index (χ4n) is 1.49. The molecule has 0 saturated heterocycles. The van der Waals surface area contributed by atoms with Gasteiger partial charge in [0.1, 0.15) is 0 Å². The smallest absolute Gasteiger partial charge is 0.237 e. The van der Waals surface area contributed by atoms with E-state index in [1.54, 1.807) is 14.1 Å². The van der Waals surface area contributed by atoms with E-state index >= 15 is 0 Å². The van der Waals surface area contributed by atoms with Crippen LogP contribution in [0.5, 0.6) is 0 Å². The summed E-state index contributed by atoms with van der Waals surface area (Å²) in [7, 11) is 5.44. The highest BCUT2D eigenvalue weighted by Gasteiger charge is 2.16. The van der Waals surface area contributed by atoms with Gasteiger partial charge in [-0.1, -0.05) is 0 Å². The molecule has 6 heteroatoms. The van der Waals surface area contributed by atoms with Gasteiger partial charge in [-0.2, -0.15) is 0 Å². The second-order valence-corrected chi connectivity index (χ2v) is 4.00. The molecule has 0 heterocycles. The molecule has 102 valence electrons. The summed E-state index contributed by atoms with van der Waals surface area (Å²) in [5.74, 6) is -0.0164. The van der Waals surface area contributed by atoms with E-state index in [1.807, 2.05) is 7.05 Å². The molecule has 0 fully saturated rings. The number of carbonyl (C=O) groups is 1. The van der Waals surface area contributed by atoms with Crippen LogP contribution in [0.25, 0.3) is 0 Å². The third-order valence-electron chi connectivity index (χ3n) is 2.74. The van der Waals surface area contributed by atoms with Gasteiger partial charge in [0.2, 0.25) is 5.91 Å². The Balaban J connectivity index is 3.90. The van der Waals surface area contributed by atoms with Gasteiger partial charge in [-0.05, 0) is 40.5 Å². The molecule has 0 aliphatic carbocycles. The summed E-state index contributed by atoms with van der Waals surface area (Å²) in [5.41, 5.74) is 0. The van der Waals surface area contributed by atoms with Crippen LogP contribution >= 0.6 is 0 Å². The maximum absolute atomic E-state index is 11.8. The third-order valence-corrected chi connectivity index (χ3v) is 2.74. The van der Waals surface area contributed by atoms with E-state index in [9.17, 15) is 4.79 Å². The van der Waals surface area contributed by atoms with E-state index in [0.29, 0.717) is 6.54 Å². The summed E-state index contributed by atoms with van der Waals surface area (Å²) in [4.78, 5) is 11.8. The Bertz CT molecular complexity index is 198. The first-order chi connectivity index (χ1) is 8.19. The van der Waals surface area contributed by atoms with Crippen LogP contribution in [-0.4, -0.2) is 63.9 Å². The summed E-state index contributed by atoms with van der Waals surface area (Å²) < 4.78 is 0. The SMILES string of the molecule is CNCCC[C@H](NC)C(=O)NC[C@@H](CO)NC. The highest BCUT2D eigenvalue weighted by atomic mass is 16.3. The summed E-state index contributed by atoms with van der Waals surface area (Å²) in [5, 5.41) is 20.8. The van der Waals surface area contributed by atoms with Crippen molar-refractivity contribution in [3.63, 3.8) is 0 Å². The van der Waals surface area contributed by atoms with Crippen LogP contribution in [0.15, 0.2) is 0 Å². The maximum Gasteiger partial charge on any atom is 0.237 e. The van der Waals surface area contributed by atoms with Crippen molar-refractivity contribution in [3.8, 4) is 0 Å². The minimum absolute atomic E-state index is 0.0146. The van der Waals surface area contributed by atoms with Crippen molar-refractivity contribution in [2.75, 3.05) is 40.8 Å². The van der Waals surface area contributed by atoms with Crippen molar-refractivity contribution < 1.29 is 9.90 Å². The average molecular weight is 246 g/mol. The lowest BCUT2D eigenvalue weighted by molar-refractivity contribution is -0.123. The molecule has 1 amide bonds. The van der Waals surface area contributed by atoms with Gasteiger partial charge in [0.25, 0.3) is 0 Å². The van der Waals surface area contributed by atoms with Crippen molar-refractivity contribution in [1.29, 1.82) is 0 Å². The molecule has 0 aromatic carbocycles. The molecule has 6 nitrogen and oxygen atoms in total. The number of aliphatic hydroxyl groups excluding tert-OH is 1. The van der Waals surface area contributed by atoms with Crippen LogP contribution in [0.2, 0.25) is 0 Å². The van der Waals surface area contributed by atoms with Gasteiger partial charge >= 0.3 is 0 Å². The minimum atomic E-state index is -0.167. The molecular formula is C11H26N4O2. The molecule has 17 heavy (non-hydrogen) atoms. The molecule has 0 radical (unpaired) electrons. The van der Waals surface area contributed by atoms with Crippen LogP contribution in [0, 0.1) is 0 Å². The number of nitrogens with one attached hydrogen (secondary N) is 4. The molecular weight excluding hydrogens is 220 g/mol. The standard InChI is InChI=1S/C11H26N4O2/c1-12-6-4-5-10(14-3)11(17)15-7-9(8-16)13-2/h9-10,12-14,16H,4-8H2,1-3H3,(H,15,17)/t9-,10-/m0/s1. The van der Waals surface area contributed by atoms with Gasteiger partial charge in [0.05, 0.1) is 12.6 Å². The number of aliphatic hydroxyl groups is 1. The number of likely N-dealkylation sites (N-methyl/N-ethyl adjacent to an activating group) is 2. The lowest BCUT2D eigenvalue weighted by Gasteiger charge is -2.19. The Labute approximate surface area is 104 Å². The maximum atomic E-state index is 11.8. The third kappa shape index (κ3) is 7.27. The van der Waals surface area contributed by atoms with Crippen LogP contribution in [0.3, 0.4) is 0 Å². The van der Waals surface area contributed by atoms with Gasteiger partial charge in [0, 0.05) is 12.6 Å². The first-order valence-electron chi connectivity index (χ1n) is 6.07. The largest absolute Gasteiger partial charge is 0.395 e. The summed E-state index contributed by atoms with van der Waals surface area (Å²) in [6, 6.07) is -0.256. The second-order valence-electron chi connectivity index (χ2n) is 4.00. The lowest BCUT2D eigenvalue weighted by Crippen LogP contribution is -2.48. The Hall–Kier alpha value is -0.690. The molecule has 2 atom stereocenters. The molecule has 0 aromatic heterocycles. The predicted molar refractivity (Wildman–Crippen MR) is 69.0 cm³/mol. The first kappa shape index (κ1) is 16.3. The zero-order chi connectivity index (χ0) is 13.1. The number of amides is 1. The second kappa shape index (κ2) is 10.5. The van der Waals surface area contributed by atoms with Gasteiger partial charge in [-0.15, -0.1) is 0 Å². The topological polar surface area (TPSA) is 85.4 Å².